The lowest BCUT2D eigenvalue weighted by atomic mass is 10.3. The van der Waals surface area contributed by atoms with Crippen LogP contribution in [0.3, 0.4) is 0 Å². The number of carbonyl (C=O) groups excluding carboxylic acids is 2. The highest BCUT2D eigenvalue weighted by Gasteiger charge is 2.09. The number of nitrogens with one attached hydrogen (secondary N) is 3. The van der Waals surface area contributed by atoms with Gasteiger partial charge in [0, 0.05) is 12.6 Å². The van der Waals surface area contributed by atoms with Gasteiger partial charge in [0.2, 0.25) is 5.91 Å². The number of thiazole rings is 1. The van der Waals surface area contributed by atoms with Crippen molar-refractivity contribution < 1.29 is 9.59 Å². The third kappa shape index (κ3) is 3.81. The highest BCUT2D eigenvalue weighted by molar-refractivity contribution is 7.22. The highest BCUT2D eigenvalue weighted by Crippen LogP contribution is 2.28. The fourth-order valence-corrected chi connectivity index (χ4v) is 3.19. The summed E-state index contributed by atoms with van der Waals surface area (Å²) in [6.07, 6.45) is 0. The Morgan fingerprint density at radius 3 is 2.62 bits per heavy atom. The number of rotatable bonds is 3. The zero-order chi connectivity index (χ0) is 17.1. The summed E-state index contributed by atoms with van der Waals surface area (Å²) in [4.78, 5) is 27.4. The Bertz CT molecular complexity index is 925. The summed E-state index contributed by atoms with van der Waals surface area (Å²) < 4.78 is 0.856. The summed E-state index contributed by atoms with van der Waals surface area (Å²) in [5.41, 5.74) is 1.90. The molecule has 0 spiro atoms. The molecule has 0 aliphatic carbocycles. The third-order valence-electron chi connectivity index (χ3n) is 3.05. The van der Waals surface area contributed by atoms with Crippen LogP contribution in [0.4, 0.5) is 21.3 Å². The molecule has 0 saturated carbocycles. The van der Waals surface area contributed by atoms with Crippen LogP contribution in [-0.4, -0.2) is 16.9 Å². The van der Waals surface area contributed by atoms with Gasteiger partial charge < -0.3 is 16.0 Å². The molecule has 0 aliphatic heterocycles. The number of hydrogen-bond donors (Lipinski definition) is 3. The van der Waals surface area contributed by atoms with E-state index in [1.165, 1.54) is 18.3 Å². The molecule has 0 bridgehead atoms. The van der Waals surface area contributed by atoms with Crippen molar-refractivity contribution in [3.05, 3.63) is 47.5 Å². The summed E-state index contributed by atoms with van der Waals surface area (Å²) in [5, 5.41) is 9.06. The minimum Gasteiger partial charge on any atom is -0.308 e. The fourth-order valence-electron chi connectivity index (χ4n) is 2.05. The van der Waals surface area contributed by atoms with Gasteiger partial charge in [0.25, 0.3) is 0 Å². The number of halogens is 1. The van der Waals surface area contributed by atoms with E-state index >= 15 is 0 Å². The van der Waals surface area contributed by atoms with Gasteiger partial charge in [0.15, 0.2) is 5.13 Å². The van der Waals surface area contributed by atoms with Gasteiger partial charge in [-0.2, -0.15) is 0 Å². The Kier molecular flexibility index (Phi) is 4.64. The fraction of sp³-hybridized carbons (Fsp3) is 0.0625. The van der Waals surface area contributed by atoms with Gasteiger partial charge in [0.05, 0.1) is 20.9 Å². The lowest BCUT2D eigenvalue weighted by Crippen LogP contribution is -2.19. The quantitative estimate of drug-likeness (QED) is 0.640. The summed E-state index contributed by atoms with van der Waals surface area (Å²) in [6, 6.07) is 11.9. The number of fused-ring (bicyclic) bond motifs is 1. The lowest BCUT2D eigenvalue weighted by molar-refractivity contribution is -0.114. The molecule has 0 radical (unpaired) electrons. The molecule has 0 aliphatic rings. The van der Waals surface area contributed by atoms with Gasteiger partial charge in [-0.3, -0.25) is 4.79 Å². The topological polar surface area (TPSA) is 83.1 Å². The van der Waals surface area contributed by atoms with Gasteiger partial charge in [0.1, 0.15) is 0 Å². The predicted molar refractivity (Wildman–Crippen MR) is 98.0 cm³/mol. The van der Waals surface area contributed by atoms with Crippen LogP contribution in [0.25, 0.3) is 10.2 Å². The van der Waals surface area contributed by atoms with Crippen molar-refractivity contribution >= 4 is 61.6 Å². The molecule has 0 fully saturated rings. The molecular weight excluding hydrogens is 348 g/mol. The van der Waals surface area contributed by atoms with Crippen molar-refractivity contribution in [1.29, 1.82) is 0 Å². The second-order valence-corrected chi connectivity index (χ2v) is 6.38. The molecule has 8 heteroatoms. The van der Waals surface area contributed by atoms with Crippen LogP contribution >= 0.6 is 22.9 Å². The molecular formula is C16H13ClN4O2S. The second kappa shape index (κ2) is 6.86. The average Bonchev–Trinajstić information content (AvgIpc) is 2.90. The smallest absolute Gasteiger partial charge is 0.308 e. The maximum absolute atomic E-state index is 12.1. The number of para-hydroxylation sites is 1. The van der Waals surface area contributed by atoms with Crippen LogP contribution in [0, 0.1) is 0 Å². The number of benzene rings is 2. The molecule has 3 N–H and O–H groups in total. The standard InChI is InChI=1S/C16H13ClN4O2S/c1-9(22)18-16-21-13-7-6-10(8-14(13)24-16)19-15(23)20-12-5-3-2-4-11(12)17/h2-8H,1H3,(H,18,21,22)(H2,19,20,23). The van der Waals surface area contributed by atoms with Crippen LogP contribution in [-0.2, 0) is 4.79 Å². The summed E-state index contributed by atoms with van der Waals surface area (Å²) in [5.74, 6) is -0.175. The first-order chi connectivity index (χ1) is 11.5. The van der Waals surface area contributed by atoms with E-state index < -0.39 is 6.03 Å². The van der Waals surface area contributed by atoms with Crippen LogP contribution in [0.2, 0.25) is 5.02 Å². The Hall–Kier alpha value is -2.64. The van der Waals surface area contributed by atoms with Crippen LogP contribution in [0.15, 0.2) is 42.5 Å². The van der Waals surface area contributed by atoms with Crippen LogP contribution in [0.5, 0.6) is 0 Å². The predicted octanol–water partition coefficient (Wildman–Crippen LogP) is 4.55. The van der Waals surface area contributed by atoms with Crippen molar-refractivity contribution in [2.24, 2.45) is 0 Å². The van der Waals surface area contributed by atoms with E-state index in [1.54, 1.807) is 42.5 Å². The van der Waals surface area contributed by atoms with Crippen LogP contribution in [0.1, 0.15) is 6.92 Å². The first-order valence-corrected chi connectivity index (χ1v) is 8.21. The lowest BCUT2D eigenvalue weighted by Gasteiger charge is -2.08. The molecule has 122 valence electrons. The van der Waals surface area contributed by atoms with E-state index in [-0.39, 0.29) is 5.91 Å². The Labute approximate surface area is 146 Å². The summed E-state index contributed by atoms with van der Waals surface area (Å²) in [6.45, 7) is 1.43. The van der Waals surface area contributed by atoms with E-state index in [0.29, 0.717) is 21.5 Å². The largest absolute Gasteiger partial charge is 0.323 e. The first kappa shape index (κ1) is 16.2. The van der Waals surface area contributed by atoms with E-state index in [9.17, 15) is 9.59 Å². The SMILES string of the molecule is CC(=O)Nc1nc2ccc(NC(=O)Nc3ccccc3Cl)cc2s1. The number of urea groups is 1. The van der Waals surface area contributed by atoms with Gasteiger partial charge >= 0.3 is 6.03 Å². The zero-order valence-electron chi connectivity index (χ0n) is 12.6. The monoisotopic (exact) mass is 360 g/mol. The molecule has 0 unspecified atom stereocenters. The van der Waals surface area contributed by atoms with Crippen LogP contribution < -0.4 is 16.0 Å². The van der Waals surface area contributed by atoms with Crippen molar-refractivity contribution in [2.75, 3.05) is 16.0 Å². The third-order valence-corrected chi connectivity index (χ3v) is 4.31. The van der Waals surface area contributed by atoms with E-state index in [0.717, 1.165) is 10.2 Å². The number of carbonyl (C=O) groups is 2. The summed E-state index contributed by atoms with van der Waals surface area (Å²) >= 11 is 7.35. The molecule has 0 saturated heterocycles. The van der Waals surface area contributed by atoms with Gasteiger partial charge in [-0.15, -0.1) is 0 Å². The summed E-state index contributed by atoms with van der Waals surface area (Å²) in [7, 11) is 0. The molecule has 2 aromatic carbocycles. The molecule has 6 nitrogen and oxygen atoms in total. The Morgan fingerprint density at radius 1 is 1.08 bits per heavy atom. The van der Waals surface area contributed by atoms with Crippen molar-refractivity contribution in [2.45, 2.75) is 6.92 Å². The van der Waals surface area contributed by atoms with Gasteiger partial charge in [-0.25, -0.2) is 9.78 Å². The van der Waals surface area contributed by atoms with Gasteiger partial charge in [-0.05, 0) is 30.3 Å². The van der Waals surface area contributed by atoms with E-state index in [2.05, 4.69) is 20.9 Å². The van der Waals surface area contributed by atoms with Crippen molar-refractivity contribution in [3.63, 3.8) is 0 Å². The maximum Gasteiger partial charge on any atom is 0.323 e. The highest BCUT2D eigenvalue weighted by atomic mass is 35.5. The number of amides is 3. The molecule has 3 rings (SSSR count). The molecule has 1 heterocycles. The zero-order valence-corrected chi connectivity index (χ0v) is 14.2. The van der Waals surface area contributed by atoms with Crippen molar-refractivity contribution in [1.82, 2.24) is 4.98 Å². The molecule has 1 aromatic heterocycles. The molecule has 0 atom stereocenters. The number of aromatic nitrogens is 1. The first-order valence-electron chi connectivity index (χ1n) is 7.02. The average molecular weight is 361 g/mol. The van der Waals surface area contributed by atoms with E-state index in [4.69, 9.17) is 11.6 Å². The second-order valence-electron chi connectivity index (χ2n) is 4.94. The Balaban J connectivity index is 1.73. The minimum atomic E-state index is -0.394. The van der Waals surface area contributed by atoms with E-state index in [1.807, 2.05) is 0 Å². The normalized spacial score (nSPS) is 10.4. The number of anilines is 3. The minimum absolute atomic E-state index is 0.175. The number of hydrogen-bond acceptors (Lipinski definition) is 4. The van der Waals surface area contributed by atoms with Crippen molar-refractivity contribution in [3.8, 4) is 0 Å². The maximum atomic E-state index is 12.1. The van der Waals surface area contributed by atoms with Gasteiger partial charge in [-0.1, -0.05) is 35.1 Å². The molecule has 3 amide bonds. The molecule has 3 aromatic rings. The Morgan fingerprint density at radius 2 is 1.88 bits per heavy atom. The molecule has 24 heavy (non-hydrogen) atoms. The number of nitrogens with zero attached hydrogens (tertiary/aromatic N) is 1.